The summed E-state index contributed by atoms with van der Waals surface area (Å²) in [6.45, 7) is 0. The Balaban J connectivity index is 0.000000135. The third kappa shape index (κ3) is 10.6. The molecule has 10 heteroatoms. The molecule has 0 aliphatic heterocycles. The molecule has 0 atom stereocenters. The minimum atomic E-state index is 0.611. The number of nitrogens with zero attached hydrogens (tertiary/aromatic N) is 8. The Bertz CT molecular complexity index is 8380. The molecule has 25 rings (SSSR count). The maximum Gasteiger partial charge on any atom is 0.235 e. The van der Waals surface area contributed by atoms with E-state index in [-0.39, 0.29) is 0 Å². The molecule has 6 aromatic heterocycles. The monoisotopic (exact) mass is 1510 g/mol. The average Bonchev–Trinajstić information content (AvgIpc) is 1.55. The van der Waals surface area contributed by atoms with Gasteiger partial charge in [0.1, 0.15) is 22.3 Å². The van der Waals surface area contributed by atoms with Crippen molar-refractivity contribution < 1.29 is 8.83 Å². The van der Waals surface area contributed by atoms with Crippen LogP contribution in [0.1, 0.15) is 0 Å². The number of hydrogen-bond acceptors (Lipinski definition) is 8. The molecule has 0 spiro atoms. The zero-order valence-electron chi connectivity index (χ0n) is 63.5. The normalized spacial score (nSPS) is 11.9. The van der Waals surface area contributed by atoms with Crippen molar-refractivity contribution in [3.63, 3.8) is 0 Å². The Labute approximate surface area is 675 Å². The molecule has 25 aromatic rings. The second kappa shape index (κ2) is 26.8. The highest BCUT2D eigenvalue weighted by atomic mass is 16.3. The van der Waals surface area contributed by atoms with Crippen LogP contribution in [0.15, 0.2) is 409 Å². The summed E-state index contributed by atoms with van der Waals surface area (Å²) in [4.78, 5) is 26.5. The Morgan fingerprint density at radius 2 is 0.525 bits per heavy atom. The van der Waals surface area contributed by atoms with E-state index in [1.54, 1.807) is 0 Å². The van der Waals surface area contributed by atoms with E-state index in [4.69, 9.17) is 28.8 Å². The molecular weight excluding hydrogens is 1440 g/mol. The van der Waals surface area contributed by atoms with Crippen molar-refractivity contribution in [2.45, 2.75) is 0 Å². The van der Waals surface area contributed by atoms with Crippen LogP contribution < -0.4 is 9.80 Å². The van der Waals surface area contributed by atoms with E-state index in [0.717, 1.165) is 182 Å². The van der Waals surface area contributed by atoms with Gasteiger partial charge in [0.2, 0.25) is 11.9 Å². The van der Waals surface area contributed by atoms with Gasteiger partial charge in [-0.3, -0.25) is 9.13 Å². The van der Waals surface area contributed by atoms with E-state index >= 15 is 0 Å². The van der Waals surface area contributed by atoms with Crippen molar-refractivity contribution >= 4 is 197 Å². The smallest absolute Gasteiger partial charge is 0.235 e. The first kappa shape index (κ1) is 66.6. The molecule has 0 unspecified atom stereocenters. The number of fused-ring (bicyclic) bond motifs is 23. The zero-order valence-corrected chi connectivity index (χ0v) is 63.5. The molecule has 0 aliphatic carbocycles. The number of anilines is 6. The lowest BCUT2D eigenvalue weighted by molar-refractivity contribution is 0.669. The number of para-hydroxylation sites is 7. The highest BCUT2D eigenvalue weighted by molar-refractivity contribution is 6.27. The lowest BCUT2D eigenvalue weighted by Gasteiger charge is -2.26. The summed E-state index contributed by atoms with van der Waals surface area (Å²) in [5, 5.41) is 22.6. The summed E-state index contributed by atoms with van der Waals surface area (Å²) in [6, 6.07) is 142. The molecule has 0 bridgehead atoms. The third-order valence-electron chi connectivity index (χ3n) is 23.7. The molecule has 10 nitrogen and oxygen atoms in total. The summed E-state index contributed by atoms with van der Waals surface area (Å²) >= 11 is 0. The lowest BCUT2D eigenvalue weighted by Crippen LogP contribution is -2.10. The van der Waals surface area contributed by atoms with Gasteiger partial charge in [-0.15, -0.1) is 0 Å². The standard InChI is InChI=1S/C56H34N4O.C52H32N4O/c1-2-17-38(18-3-1)59(39-28-26-35-14-4-5-16-37(35)32-39)40-29-31-49-47(33-40)53-41-19-7-6-15-36(41)27-30-50(53)60(49)56-57-48-24-12-10-22-44(48)55(58-56)46-34-52-54(43-21-9-8-20-42(43)46)45-23-11-13-25-51(45)61-52;1-3-16-34(17-4-1)55(35-18-5-2-6-19-35)36-28-30-45-43(31-36)49-37-20-8-7-15-33(37)27-29-46(49)56(45)52-53-44-25-13-11-23-40(44)51(54-52)42-32-48-50(39-22-10-9-21-38(39)42)41-24-12-14-26-47(41)57-48/h1-34H;1-32H. The molecule has 19 aromatic carbocycles. The molecule has 550 valence electrons. The first-order valence-electron chi connectivity index (χ1n) is 39.9. The summed E-state index contributed by atoms with van der Waals surface area (Å²) in [5.74, 6) is 1.23. The topological polar surface area (TPSA) is 94.2 Å². The highest BCUT2D eigenvalue weighted by Gasteiger charge is 2.27. The fourth-order valence-corrected chi connectivity index (χ4v) is 18.5. The van der Waals surface area contributed by atoms with Gasteiger partial charge in [0.25, 0.3) is 0 Å². The minimum Gasteiger partial charge on any atom is -0.456 e. The fourth-order valence-electron chi connectivity index (χ4n) is 18.5. The van der Waals surface area contributed by atoms with Crippen molar-refractivity contribution in [1.29, 1.82) is 0 Å². The number of hydrogen-bond donors (Lipinski definition) is 0. The van der Waals surface area contributed by atoms with Crippen LogP contribution in [-0.4, -0.2) is 29.1 Å². The largest absolute Gasteiger partial charge is 0.456 e. The quantitative estimate of drug-likeness (QED) is 0.134. The van der Waals surface area contributed by atoms with E-state index in [9.17, 15) is 0 Å². The first-order chi connectivity index (χ1) is 58.5. The average molecular weight is 1510 g/mol. The Morgan fingerprint density at radius 3 is 0.983 bits per heavy atom. The van der Waals surface area contributed by atoms with E-state index < -0.39 is 0 Å². The van der Waals surface area contributed by atoms with Gasteiger partial charge in [-0.25, -0.2) is 19.9 Å². The predicted octanol–water partition coefficient (Wildman–Crippen LogP) is 29.3. The predicted molar refractivity (Wildman–Crippen MR) is 490 cm³/mol. The van der Waals surface area contributed by atoms with Gasteiger partial charge in [-0.1, -0.05) is 267 Å². The van der Waals surface area contributed by atoms with Crippen molar-refractivity contribution in [3.8, 4) is 34.4 Å². The summed E-state index contributed by atoms with van der Waals surface area (Å²) in [7, 11) is 0. The second-order valence-electron chi connectivity index (χ2n) is 30.3. The van der Waals surface area contributed by atoms with Gasteiger partial charge >= 0.3 is 0 Å². The third-order valence-corrected chi connectivity index (χ3v) is 23.7. The molecule has 0 saturated heterocycles. The van der Waals surface area contributed by atoms with Crippen LogP contribution in [0.25, 0.3) is 198 Å². The van der Waals surface area contributed by atoms with Crippen LogP contribution in [-0.2, 0) is 0 Å². The van der Waals surface area contributed by atoms with E-state index in [0.29, 0.717) is 11.9 Å². The Hall–Kier alpha value is -16.0. The van der Waals surface area contributed by atoms with E-state index in [2.05, 4.69) is 395 Å². The van der Waals surface area contributed by atoms with Crippen LogP contribution in [0.3, 0.4) is 0 Å². The molecule has 0 saturated carbocycles. The fraction of sp³-hybridized carbons (Fsp3) is 0. The first-order valence-corrected chi connectivity index (χ1v) is 39.9. The van der Waals surface area contributed by atoms with Crippen LogP contribution >= 0.6 is 0 Å². The Morgan fingerprint density at radius 1 is 0.195 bits per heavy atom. The lowest BCUT2D eigenvalue weighted by atomic mass is 9.96. The number of benzene rings is 19. The number of furan rings is 2. The van der Waals surface area contributed by atoms with E-state index in [1.807, 2.05) is 24.3 Å². The number of aromatic nitrogens is 6. The van der Waals surface area contributed by atoms with Gasteiger partial charge in [0.15, 0.2) is 0 Å². The zero-order chi connectivity index (χ0) is 77.5. The van der Waals surface area contributed by atoms with Gasteiger partial charge in [0.05, 0.1) is 44.5 Å². The Kier molecular flexibility index (Phi) is 15.1. The van der Waals surface area contributed by atoms with Crippen LogP contribution in [0.4, 0.5) is 34.1 Å². The second-order valence-corrected chi connectivity index (χ2v) is 30.3. The molecule has 0 fully saturated rings. The van der Waals surface area contributed by atoms with Crippen LogP contribution in [0.2, 0.25) is 0 Å². The molecule has 6 heterocycles. The van der Waals surface area contributed by atoms with Gasteiger partial charge in [-0.05, 0) is 187 Å². The van der Waals surface area contributed by atoms with E-state index in [1.165, 1.54) is 37.7 Å². The summed E-state index contributed by atoms with van der Waals surface area (Å²) < 4.78 is 17.6. The highest BCUT2D eigenvalue weighted by Crippen LogP contribution is 2.49. The SMILES string of the molecule is c1ccc(N(c2ccc3ccccc3c2)c2ccc3c(c2)c2c4ccccc4ccc2n3-c2nc(-c3cc4oc5ccccc5c4c4ccccc34)c3ccccc3n2)cc1.c1ccc(N(c2ccccc2)c2ccc3c(c2)c2c4ccccc4ccc2n3-c2nc(-c3cc4oc5ccccc5c4c4ccccc34)c3ccccc3n2)cc1. The van der Waals surface area contributed by atoms with Crippen molar-refractivity contribution in [1.82, 2.24) is 29.1 Å². The summed E-state index contributed by atoms with van der Waals surface area (Å²) in [5.41, 5.74) is 19.5. The molecule has 0 amide bonds. The van der Waals surface area contributed by atoms with Crippen molar-refractivity contribution in [2.24, 2.45) is 0 Å². The summed E-state index contributed by atoms with van der Waals surface area (Å²) in [6.07, 6.45) is 0. The maximum absolute atomic E-state index is 6.56. The van der Waals surface area contributed by atoms with Gasteiger partial charge in [0, 0.05) is 99.1 Å². The van der Waals surface area contributed by atoms with Crippen LogP contribution in [0.5, 0.6) is 0 Å². The minimum absolute atomic E-state index is 0.611. The van der Waals surface area contributed by atoms with Crippen molar-refractivity contribution in [2.75, 3.05) is 9.80 Å². The molecule has 118 heavy (non-hydrogen) atoms. The van der Waals surface area contributed by atoms with Crippen LogP contribution in [0, 0.1) is 0 Å². The van der Waals surface area contributed by atoms with Gasteiger partial charge < -0.3 is 18.6 Å². The molecule has 0 N–H and O–H groups in total. The van der Waals surface area contributed by atoms with Gasteiger partial charge in [-0.2, -0.15) is 0 Å². The molecular formula is C108H66N8O2. The number of rotatable bonds is 10. The molecule has 0 aliphatic rings. The van der Waals surface area contributed by atoms with Crippen molar-refractivity contribution in [3.05, 3.63) is 400 Å². The molecule has 0 radical (unpaired) electrons. The maximum atomic E-state index is 6.56.